The average molecular weight is 236 g/mol. The lowest BCUT2D eigenvalue weighted by atomic mass is 10.4. The van der Waals surface area contributed by atoms with Gasteiger partial charge in [0.15, 0.2) is 0 Å². The van der Waals surface area contributed by atoms with E-state index in [0.29, 0.717) is 0 Å². The number of halogens is 1. The first-order valence-electron chi connectivity index (χ1n) is 2.58. The third-order valence-corrected chi connectivity index (χ3v) is 1.91. The lowest BCUT2D eigenvalue weighted by Crippen LogP contribution is -1.77. The van der Waals surface area contributed by atoms with Crippen LogP contribution in [0.5, 0.6) is 0 Å². The van der Waals surface area contributed by atoms with Crippen molar-refractivity contribution in [3.8, 4) is 0 Å². The fraction of sp³-hybridized carbons (Fsp3) is 0.333. The van der Waals surface area contributed by atoms with E-state index in [0.717, 1.165) is 9.28 Å². The molecule has 1 N–H and O–H groups in total. The lowest BCUT2D eigenvalue weighted by Gasteiger charge is -1.89. The van der Waals surface area contributed by atoms with E-state index in [2.05, 4.69) is 27.6 Å². The average Bonchev–Trinajstić information content (AvgIpc) is 1.87. The summed E-state index contributed by atoms with van der Waals surface area (Å²) in [4.78, 5) is 3.99. The number of aliphatic imine (C=N–C) groups is 1. The van der Waals surface area contributed by atoms with Crippen molar-refractivity contribution in [1.82, 2.24) is 0 Å². The molecule has 50 valence electrons. The van der Waals surface area contributed by atoms with Crippen molar-refractivity contribution < 1.29 is 0 Å². The Balaban J connectivity index is 4.27. The molecular formula is C6H9IN2. The third-order valence-electron chi connectivity index (χ3n) is 0.784. The van der Waals surface area contributed by atoms with Gasteiger partial charge in [0.05, 0.1) is 0 Å². The molecule has 0 saturated carbocycles. The van der Waals surface area contributed by atoms with Crippen molar-refractivity contribution in [3.63, 3.8) is 0 Å². The van der Waals surface area contributed by atoms with Crippen LogP contribution in [-0.4, -0.2) is 12.4 Å². The zero-order valence-corrected chi connectivity index (χ0v) is 7.64. The van der Waals surface area contributed by atoms with Crippen LogP contribution in [0.15, 0.2) is 14.3 Å². The van der Waals surface area contributed by atoms with E-state index in [4.69, 9.17) is 5.41 Å². The first kappa shape index (κ1) is 8.81. The minimum Gasteiger partial charge on any atom is -0.308 e. The number of rotatable bonds is 2. The molecule has 0 aromatic heterocycles. The van der Waals surface area contributed by atoms with Crippen molar-refractivity contribution in [2.75, 3.05) is 0 Å². The summed E-state index contributed by atoms with van der Waals surface area (Å²) in [5.74, 6) is 0. The molecule has 0 heterocycles. The van der Waals surface area contributed by atoms with E-state index < -0.39 is 0 Å². The van der Waals surface area contributed by atoms with Crippen LogP contribution >= 0.6 is 22.6 Å². The monoisotopic (exact) mass is 236 g/mol. The standard InChI is InChI=1S/C6H9IN2/c1-3-9-6(7)5(2)4-8/h3-4,8H,1-2H3/b6-5-,8-4?,9-3?. The fourth-order valence-corrected chi connectivity index (χ4v) is 0.709. The zero-order valence-electron chi connectivity index (χ0n) is 5.48. The van der Waals surface area contributed by atoms with Gasteiger partial charge >= 0.3 is 0 Å². The Morgan fingerprint density at radius 1 is 1.67 bits per heavy atom. The van der Waals surface area contributed by atoms with E-state index in [1.54, 1.807) is 6.21 Å². The number of allylic oxidation sites excluding steroid dienone is 1. The molecule has 0 atom stereocenters. The predicted molar refractivity (Wildman–Crippen MR) is 49.7 cm³/mol. The summed E-state index contributed by atoms with van der Waals surface area (Å²) in [5.41, 5.74) is 0.897. The fourth-order valence-electron chi connectivity index (χ4n) is 0.275. The maximum atomic E-state index is 6.86. The number of nitrogens with zero attached hydrogens (tertiary/aromatic N) is 1. The molecule has 0 aliphatic rings. The molecule has 0 aromatic rings. The highest BCUT2D eigenvalue weighted by atomic mass is 127. The molecule has 0 aliphatic heterocycles. The number of hydrogen-bond acceptors (Lipinski definition) is 2. The topological polar surface area (TPSA) is 36.2 Å². The van der Waals surface area contributed by atoms with Gasteiger partial charge in [0, 0.05) is 12.4 Å². The molecule has 3 heteroatoms. The second-order valence-electron chi connectivity index (χ2n) is 1.51. The van der Waals surface area contributed by atoms with Gasteiger partial charge in [-0.2, -0.15) is 0 Å². The SMILES string of the molecule is CC=N/C(I)=C(/C)C=N. The molecule has 0 aromatic carbocycles. The summed E-state index contributed by atoms with van der Waals surface area (Å²) >= 11 is 2.10. The van der Waals surface area contributed by atoms with E-state index in [-0.39, 0.29) is 0 Å². The van der Waals surface area contributed by atoms with Gasteiger partial charge in [-0.05, 0) is 42.0 Å². The van der Waals surface area contributed by atoms with Crippen LogP contribution in [0.25, 0.3) is 0 Å². The molecule has 0 bridgehead atoms. The van der Waals surface area contributed by atoms with Gasteiger partial charge in [-0.15, -0.1) is 0 Å². The van der Waals surface area contributed by atoms with Gasteiger partial charge in [-0.25, -0.2) is 0 Å². The quantitative estimate of drug-likeness (QED) is 0.434. The Morgan fingerprint density at radius 2 is 2.22 bits per heavy atom. The van der Waals surface area contributed by atoms with Crippen LogP contribution in [0.4, 0.5) is 0 Å². The largest absolute Gasteiger partial charge is 0.308 e. The second-order valence-corrected chi connectivity index (χ2v) is 2.53. The van der Waals surface area contributed by atoms with Crippen molar-refractivity contribution in [2.45, 2.75) is 13.8 Å². The number of nitrogens with one attached hydrogen (secondary N) is 1. The van der Waals surface area contributed by atoms with Crippen LogP contribution in [-0.2, 0) is 0 Å². The van der Waals surface area contributed by atoms with Gasteiger partial charge in [-0.3, -0.25) is 4.99 Å². The summed E-state index contributed by atoms with van der Waals surface area (Å²) in [6, 6.07) is 0. The smallest absolute Gasteiger partial charge is 0.105 e. The molecule has 0 amide bonds. The summed E-state index contributed by atoms with van der Waals surface area (Å²) in [5, 5.41) is 6.86. The Bertz CT molecular complexity index is 158. The molecule has 9 heavy (non-hydrogen) atoms. The van der Waals surface area contributed by atoms with Crippen LogP contribution in [0.1, 0.15) is 13.8 Å². The van der Waals surface area contributed by atoms with Crippen molar-refractivity contribution >= 4 is 35.0 Å². The van der Waals surface area contributed by atoms with Crippen LogP contribution < -0.4 is 0 Å². The predicted octanol–water partition coefficient (Wildman–Crippen LogP) is 2.39. The van der Waals surface area contributed by atoms with Gasteiger partial charge in [0.1, 0.15) is 3.70 Å². The first-order valence-corrected chi connectivity index (χ1v) is 3.65. The molecule has 0 fully saturated rings. The Hall–Kier alpha value is -0.190. The van der Waals surface area contributed by atoms with Crippen molar-refractivity contribution in [2.24, 2.45) is 4.99 Å². The summed E-state index contributed by atoms with van der Waals surface area (Å²) < 4.78 is 0.880. The zero-order chi connectivity index (χ0) is 7.28. The molecule has 2 nitrogen and oxygen atoms in total. The first-order chi connectivity index (χ1) is 4.22. The number of hydrogen-bond donors (Lipinski definition) is 1. The minimum absolute atomic E-state index is 0.880. The second kappa shape index (κ2) is 4.67. The van der Waals surface area contributed by atoms with Gasteiger partial charge in [0.25, 0.3) is 0 Å². The summed E-state index contributed by atoms with van der Waals surface area (Å²) in [6.07, 6.45) is 3.02. The molecule has 0 aliphatic carbocycles. The van der Waals surface area contributed by atoms with E-state index >= 15 is 0 Å². The molecular weight excluding hydrogens is 227 g/mol. The van der Waals surface area contributed by atoms with Gasteiger partial charge in [0.2, 0.25) is 0 Å². The molecule has 0 saturated heterocycles. The molecule has 0 rings (SSSR count). The van der Waals surface area contributed by atoms with Crippen molar-refractivity contribution in [1.29, 1.82) is 5.41 Å². The van der Waals surface area contributed by atoms with Crippen LogP contribution in [0.3, 0.4) is 0 Å². The maximum absolute atomic E-state index is 6.86. The lowest BCUT2D eigenvalue weighted by molar-refractivity contribution is 1.43. The molecule has 0 spiro atoms. The van der Waals surface area contributed by atoms with E-state index in [9.17, 15) is 0 Å². The van der Waals surface area contributed by atoms with Crippen molar-refractivity contribution in [3.05, 3.63) is 9.28 Å². The normalized spacial score (nSPS) is 13.7. The van der Waals surface area contributed by atoms with Gasteiger partial charge < -0.3 is 5.41 Å². The highest BCUT2D eigenvalue weighted by molar-refractivity contribution is 14.1. The van der Waals surface area contributed by atoms with Crippen LogP contribution in [0.2, 0.25) is 0 Å². The maximum Gasteiger partial charge on any atom is 0.105 e. The van der Waals surface area contributed by atoms with E-state index in [1.165, 1.54) is 6.21 Å². The highest BCUT2D eigenvalue weighted by Gasteiger charge is 1.88. The van der Waals surface area contributed by atoms with E-state index in [1.807, 2.05) is 13.8 Å². The summed E-state index contributed by atoms with van der Waals surface area (Å²) in [7, 11) is 0. The third kappa shape index (κ3) is 3.40. The van der Waals surface area contributed by atoms with Gasteiger partial charge in [-0.1, -0.05) is 0 Å². The van der Waals surface area contributed by atoms with Crippen LogP contribution in [0, 0.1) is 5.41 Å². The Labute approximate surface area is 68.7 Å². The summed E-state index contributed by atoms with van der Waals surface area (Å²) in [6.45, 7) is 3.72. The Morgan fingerprint density at radius 3 is 2.56 bits per heavy atom. The Kier molecular flexibility index (Phi) is 4.57. The minimum atomic E-state index is 0.880. The molecule has 0 unspecified atom stereocenters. The molecule has 0 radical (unpaired) electrons. The highest BCUT2D eigenvalue weighted by Crippen LogP contribution is 2.10.